The number of hydrogen-bond donors (Lipinski definition) is 1. The summed E-state index contributed by atoms with van der Waals surface area (Å²) in [7, 11) is 0. The maximum absolute atomic E-state index is 14.8. The van der Waals surface area contributed by atoms with E-state index < -0.39 is 23.5 Å². The SMILES string of the molecule is Cc1cc(NC2CCN(C(=O)OCC3(F)CN(C(=O)OC(C)(C)C)C3)CC2)n2ncc(C(C)C)c2n1. The largest absolute Gasteiger partial charge is 0.446 e. The number of halogens is 1. The van der Waals surface area contributed by atoms with Crippen molar-refractivity contribution in [1.82, 2.24) is 24.4 Å². The predicted molar refractivity (Wildman–Crippen MR) is 133 cm³/mol. The van der Waals surface area contributed by atoms with Gasteiger partial charge in [-0.25, -0.2) is 19.0 Å². The number of nitrogens with zero attached hydrogens (tertiary/aromatic N) is 5. The molecule has 198 valence electrons. The Kier molecular flexibility index (Phi) is 7.03. The smallest absolute Gasteiger partial charge is 0.410 e. The van der Waals surface area contributed by atoms with Gasteiger partial charge >= 0.3 is 12.2 Å². The van der Waals surface area contributed by atoms with Crippen molar-refractivity contribution >= 4 is 23.7 Å². The number of piperidine rings is 1. The second-order valence-corrected chi connectivity index (χ2v) is 11.2. The van der Waals surface area contributed by atoms with Crippen LogP contribution in [0.25, 0.3) is 5.65 Å². The van der Waals surface area contributed by atoms with Crippen LogP contribution in [-0.4, -0.2) is 86.7 Å². The van der Waals surface area contributed by atoms with Gasteiger partial charge < -0.3 is 24.6 Å². The average Bonchev–Trinajstić information content (AvgIpc) is 3.19. The van der Waals surface area contributed by atoms with E-state index in [1.165, 1.54) is 4.90 Å². The third-order valence-corrected chi connectivity index (χ3v) is 6.41. The molecule has 2 amide bonds. The lowest BCUT2D eigenvalue weighted by Crippen LogP contribution is -2.64. The Hall–Kier alpha value is -3.11. The van der Waals surface area contributed by atoms with Crippen molar-refractivity contribution in [1.29, 1.82) is 0 Å². The van der Waals surface area contributed by atoms with Crippen LogP contribution in [-0.2, 0) is 9.47 Å². The van der Waals surface area contributed by atoms with Crippen molar-refractivity contribution in [3.8, 4) is 0 Å². The Bertz CT molecular complexity index is 1110. The molecule has 0 aliphatic carbocycles. The molecule has 10 nitrogen and oxygen atoms in total. The molecule has 11 heteroatoms. The highest BCUT2D eigenvalue weighted by Crippen LogP contribution is 2.28. The molecule has 0 spiro atoms. The van der Waals surface area contributed by atoms with Crippen molar-refractivity contribution in [2.75, 3.05) is 38.1 Å². The summed E-state index contributed by atoms with van der Waals surface area (Å²) >= 11 is 0. The number of carbonyl (C=O) groups excluding carboxylic acids is 2. The zero-order chi connectivity index (χ0) is 26.3. The van der Waals surface area contributed by atoms with Gasteiger partial charge in [-0.05, 0) is 46.5 Å². The van der Waals surface area contributed by atoms with Gasteiger partial charge in [0.2, 0.25) is 0 Å². The topological polar surface area (TPSA) is 101 Å². The van der Waals surface area contributed by atoms with E-state index >= 15 is 0 Å². The van der Waals surface area contributed by atoms with Gasteiger partial charge in [-0.2, -0.15) is 9.61 Å². The van der Waals surface area contributed by atoms with Crippen LogP contribution in [0.1, 0.15) is 64.6 Å². The first-order chi connectivity index (χ1) is 16.8. The van der Waals surface area contributed by atoms with Gasteiger partial charge in [0, 0.05) is 36.5 Å². The normalized spacial score (nSPS) is 18.3. The van der Waals surface area contributed by atoms with Crippen LogP contribution in [0.3, 0.4) is 0 Å². The summed E-state index contributed by atoms with van der Waals surface area (Å²) in [5.41, 5.74) is 0.488. The quantitative estimate of drug-likeness (QED) is 0.653. The molecule has 0 unspecified atom stereocenters. The number of likely N-dealkylation sites (tertiary alicyclic amines) is 2. The first-order valence-electron chi connectivity index (χ1n) is 12.5. The molecule has 1 N–H and O–H groups in total. The highest BCUT2D eigenvalue weighted by atomic mass is 19.1. The lowest BCUT2D eigenvalue weighted by atomic mass is 9.98. The minimum absolute atomic E-state index is 0.146. The fourth-order valence-corrected chi connectivity index (χ4v) is 4.49. The zero-order valence-electron chi connectivity index (χ0n) is 22.0. The second kappa shape index (κ2) is 9.74. The summed E-state index contributed by atoms with van der Waals surface area (Å²) in [4.78, 5) is 32.1. The molecule has 0 atom stereocenters. The molecule has 4 rings (SSSR count). The lowest BCUT2D eigenvalue weighted by molar-refractivity contribution is -0.0784. The van der Waals surface area contributed by atoms with Crippen molar-refractivity contribution in [2.45, 2.75) is 77.6 Å². The van der Waals surface area contributed by atoms with Crippen LogP contribution in [0.4, 0.5) is 19.8 Å². The van der Waals surface area contributed by atoms with E-state index in [-0.39, 0.29) is 25.7 Å². The highest BCUT2D eigenvalue weighted by molar-refractivity contribution is 5.70. The summed E-state index contributed by atoms with van der Waals surface area (Å²) in [6.45, 7) is 11.8. The third-order valence-electron chi connectivity index (χ3n) is 6.41. The van der Waals surface area contributed by atoms with E-state index in [1.807, 2.05) is 23.7 Å². The van der Waals surface area contributed by atoms with Gasteiger partial charge in [0.05, 0.1) is 19.3 Å². The number of amides is 2. The third kappa shape index (κ3) is 5.82. The minimum atomic E-state index is -1.74. The molecule has 36 heavy (non-hydrogen) atoms. The van der Waals surface area contributed by atoms with Crippen molar-refractivity contribution in [2.24, 2.45) is 0 Å². The summed E-state index contributed by atoms with van der Waals surface area (Å²) in [6.07, 6.45) is 2.22. The van der Waals surface area contributed by atoms with Crippen LogP contribution >= 0.6 is 0 Å². The monoisotopic (exact) mass is 504 g/mol. The van der Waals surface area contributed by atoms with E-state index in [2.05, 4.69) is 29.2 Å². The average molecular weight is 505 g/mol. The molecule has 2 aliphatic heterocycles. The maximum Gasteiger partial charge on any atom is 0.410 e. The first-order valence-corrected chi connectivity index (χ1v) is 12.5. The molecule has 4 heterocycles. The molecule has 2 aromatic heterocycles. The summed E-state index contributed by atoms with van der Waals surface area (Å²) < 4.78 is 27.2. The van der Waals surface area contributed by atoms with Crippen LogP contribution < -0.4 is 5.32 Å². The number of hydrogen-bond acceptors (Lipinski definition) is 7. The number of aryl methyl sites for hydroxylation is 1. The van der Waals surface area contributed by atoms with Crippen molar-refractivity contribution in [3.63, 3.8) is 0 Å². The van der Waals surface area contributed by atoms with E-state index in [0.29, 0.717) is 19.0 Å². The van der Waals surface area contributed by atoms with E-state index in [1.54, 1.807) is 25.7 Å². The molecule has 2 aromatic rings. The Morgan fingerprint density at radius 2 is 1.86 bits per heavy atom. The van der Waals surface area contributed by atoms with Gasteiger partial charge in [0.25, 0.3) is 0 Å². The molecule has 2 fully saturated rings. The number of ether oxygens (including phenoxy) is 2. The van der Waals surface area contributed by atoms with Crippen LogP contribution in [0, 0.1) is 6.92 Å². The molecule has 0 aromatic carbocycles. The molecule has 2 saturated heterocycles. The van der Waals surface area contributed by atoms with Crippen molar-refractivity contribution in [3.05, 3.63) is 23.5 Å². The number of nitrogens with one attached hydrogen (secondary N) is 1. The zero-order valence-corrected chi connectivity index (χ0v) is 22.0. The summed E-state index contributed by atoms with van der Waals surface area (Å²) in [5.74, 6) is 1.20. The van der Waals surface area contributed by atoms with Gasteiger partial charge in [-0.3, -0.25) is 0 Å². The Morgan fingerprint density at radius 3 is 2.47 bits per heavy atom. The predicted octanol–water partition coefficient (Wildman–Crippen LogP) is 4.13. The fourth-order valence-electron chi connectivity index (χ4n) is 4.49. The van der Waals surface area contributed by atoms with Crippen molar-refractivity contribution < 1.29 is 23.5 Å². The Morgan fingerprint density at radius 1 is 1.19 bits per heavy atom. The number of aromatic nitrogens is 3. The van der Waals surface area contributed by atoms with E-state index in [0.717, 1.165) is 35.6 Å². The minimum Gasteiger partial charge on any atom is -0.446 e. The second-order valence-electron chi connectivity index (χ2n) is 11.2. The van der Waals surface area contributed by atoms with Gasteiger partial charge in [-0.1, -0.05) is 13.8 Å². The number of alkyl halides is 1. The Balaban J connectivity index is 1.24. The van der Waals surface area contributed by atoms with Gasteiger partial charge in [0.15, 0.2) is 11.3 Å². The molecular weight excluding hydrogens is 467 g/mol. The Labute approximate surface area is 211 Å². The molecule has 0 saturated carbocycles. The highest BCUT2D eigenvalue weighted by Gasteiger charge is 2.48. The van der Waals surface area contributed by atoms with E-state index in [9.17, 15) is 14.0 Å². The fraction of sp³-hybridized carbons (Fsp3) is 0.680. The first kappa shape index (κ1) is 26.0. The molecule has 2 aliphatic rings. The standard InChI is InChI=1S/C25H37FN6O4/c1-16(2)19-12-27-32-20(11-17(3)28-21(19)32)29-18-7-9-30(10-8-18)22(33)35-15-25(26)13-31(14-25)23(34)36-24(4,5)6/h11-12,16,18,29H,7-10,13-15H2,1-6H3. The van der Waals surface area contributed by atoms with Crippen LogP contribution in [0.2, 0.25) is 0 Å². The number of rotatable bonds is 5. The number of carbonyl (C=O) groups is 2. The summed E-state index contributed by atoms with van der Waals surface area (Å²) in [5, 5.41) is 8.08. The lowest BCUT2D eigenvalue weighted by Gasteiger charge is -2.44. The van der Waals surface area contributed by atoms with E-state index in [4.69, 9.17) is 9.47 Å². The number of anilines is 1. The number of fused-ring (bicyclic) bond motifs is 1. The molecule has 0 radical (unpaired) electrons. The van der Waals surface area contributed by atoms with Crippen LogP contribution in [0.5, 0.6) is 0 Å². The maximum atomic E-state index is 14.8. The van der Waals surface area contributed by atoms with Gasteiger partial charge in [0.1, 0.15) is 18.0 Å². The van der Waals surface area contributed by atoms with Gasteiger partial charge in [-0.15, -0.1) is 0 Å². The molecule has 0 bridgehead atoms. The molecular formula is C25H37FN6O4. The van der Waals surface area contributed by atoms with Crippen LogP contribution in [0.15, 0.2) is 12.3 Å². The summed E-state index contributed by atoms with van der Waals surface area (Å²) in [6, 6.07) is 2.14.